The van der Waals surface area contributed by atoms with Crippen LogP contribution in [0.1, 0.15) is 11.1 Å². The highest BCUT2D eigenvalue weighted by atomic mass is 32.1. The summed E-state index contributed by atoms with van der Waals surface area (Å²) in [7, 11) is 0. The molecule has 0 atom stereocenters. The fourth-order valence-electron chi connectivity index (χ4n) is 5.11. The number of rotatable bonds is 2. The van der Waals surface area contributed by atoms with E-state index in [1.54, 1.807) is 22.7 Å². The van der Waals surface area contributed by atoms with E-state index < -0.39 is 0 Å². The van der Waals surface area contributed by atoms with Crippen LogP contribution in [0, 0.1) is 22.7 Å². The maximum atomic E-state index is 9.68. The SMILES string of the molecule is N#CC(C#N)=C1c2ccccc2-c2ccc(-c3cc4c(s3)c3sccc3n4-c3ccccc3)cc21. The monoisotopic (exact) mass is 481 g/mol. The van der Waals surface area contributed by atoms with Crippen molar-refractivity contribution in [3.63, 3.8) is 0 Å². The predicted molar refractivity (Wildman–Crippen MR) is 145 cm³/mol. The number of nitriles is 2. The third-order valence-electron chi connectivity index (χ3n) is 6.59. The molecule has 7 rings (SSSR count). The van der Waals surface area contributed by atoms with Crippen molar-refractivity contribution in [1.82, 2.24) is 4.57 Å². The second-order valence-electron chi connectivity index (χ2n) is 8.41. The first-order valence-electron chi connectivity index (χ1n) is 11.1. The molecule has 0 spiro atoms. The lowest BCUT2D eigenvalue weighted by atomic mass is 9.97. The number of aromatic nitrogens is 1. The van der Waals surface area contributed by atoms with Gasteiger partial charge in [0.05, 0.1) is 20.4 Å². The van der Waals surface area contributed by atoms with Crippen LogP contribution in [0.15, 0.2) is 95.9 Å². The highest BCUT2D eigenvalue weighted by Gasteiger charge is 2.27. The van der Waals surface area contributed by atoms with Crippen molar-refractivity contribution in [2.24, 2.45) is 0 Å². The molecular formula is C30H15N3S2. The molecule has 0 N–H and O–H groups in total. The van der Waals surface area contributed by atoms with Crippen molar-refractivity contribution in [2.45, 2.75) is 0 Å². The summed E-state index contributed by atoms with van der Waals surface area (Å²) in [5, 5.41) is 21.5. The molecule has 1 aliphatic rings. The normalized spacial score (nSPS) is 11.9. The summed E-state index contributed by atoms with van der Waals surface area (Å²) >= 11 is 3.57. The lowest BCUT2D eigenvalue weighted by Crippen LogP contribution is -1.91. The number of benzene rings is 3. The maximum Gasteiger partial charge on any atom is 0.138 e. The molecule has 0 radical (unpaired) electrons. The lowest BCUT2D eigenvalue weighted by molar-refractivity contribution is 1.18. The lowest BCUT2D eigenvalue weighted by Gasteiger charge is -2.06. The van der Waals surface area contributed by atoms with Gasteiger partial charge in [0.15, 0.2) is 0 Å². The molecule has 1 aliphatic carbocycles. The Balaban J connectivity index is 1.46. The van der Waals surface area contributed by atoms with E-state index in [2.05, 4.69) is 82.7 Å². The highest BCUT2D eigenvalue weighted by Crippen LogP contribution is 2.48. The summed E-state index contributed by atoms with van der Waals surface area (Å²) < 4.78 is 4.91. The minimum atomic E-state index is 0.153. The van der Waals surface area contributed by atoms with Crippen LogP contribution in [0.2, 0.25) is 0 Å². The topological polar surface area (TPSA) is 52.5 Å². The molecule has 0 saturated heterocycles. The van der Waals surface area contributed by atoms with E-state index in [9.17, 15) is 10.5 Å². The molecule has 3 heterocycles. The van der Waals surface area contributed by atoms with Crippen LogP contribution in [0.25, 0.3) is 53.3 Å². The summed E-state index contributed by atoms with van der Waals surface area (Å²) in [5.74, 6) is 0. The van der Waals surface area contributed by atoms with E-state index in [1.165, 1.54) is 25.3 Å². The van der Waals surface area contributed by atoms with Crippen molar-refractivity contribution in [2.75, 3.05) is 0 Å². The zero-order valence-electron chi connectivity index (χ0n) is 18.3. The third-order valence-corrected chi connectivity index (χ3v) is 8.83. The van der Waals surface area contributed by atoms with E-state index in [4.69, 9.17) is 0 Å². The smallest absolute Gasteiger partial charge is 0.138 e. The van der Waals surface area contributed by atoms with Gasteiger partial charge in [0.2, 0.25) is 0 Å². The van der Waals surface area contributed by atoms with Gasteiger partial charge in [0.25, 0.3) is 0 Å². The van der Waals surface area contributed by atoms with Crippen molar-refractivity contribution in [3.05, 3.63) is 107 Å². The van der Waals surface area contributed by atoms with Crippen LogP contribution in [0.5, 0.6) is 0 Å². The minimum Gasteiger partial charge on any atom is -0.307 e. The molecular weight excluding hydrogens is 466 g/mol. The van der Waals surface area contributed by atoms with E-state index in [-0.39, 0.29) is 5.57 Å². The number of hydrogen-bond acceptors (Lipinski definition) is 4. The first kappa shape index (κ1) is 20.0. The summed E-state index contributed by atoms with van der Waals surface area (Å²) in [4.78, 5) is 1.17. The zero-order chi connectivity index (χ0) is 23.5. The second kappa shape index (κ2) is 7.55. The number of hydrogen-bond donors (Lipinski definition) is 0. The first-order chi connectivity index (χ1) is 17.3. The van der Waals surface area contributed by atoms with Gasteiger partial charge in [-0.25, -0.2) is 0 Å². The zero-order valence-corrected chi connectivity index (χ0v) is 20.0. The number of allylic oxidation sites excluding steroid dienone is 1. The van der Waals surface area contributed by atoms with Crippen LogP contribution in [0.4, 0.5) is 0 Å². The molecule has 0 unspecified atom stereocenters. The van der Waals surface area contributed by atoms with Crippen molar-refractivity contribution in [1.29, 1.82) is 10.5 Å². The van der Waals surface area contributed by atoms with Gasteiger partial charge in [-0.1, -0.05) is 54.6 Å². The Morgan fingerprint density at radius 1 is 0.686 bits per heavy atom. The van der Waals surface area contributed by atoms with Gasteiger partial charge in [0.1, 0.15) is 17.7 Å². The van der Waals surface area contributed by atoms with E-state index in [0.29, 0.717) is 0 Å². The average Bonchev–Trinajstić information content (AvgIpc) is 3.66. The quantitative estimate of drug-likeness (QED) is 0.233. The Hall–Kier alpha value is -4.42. The fourth-order valence-corrected chi connectivity index (χ4v) is 7.29. The Morgan fingerprint density at radius 2 is 1.43 bits per heavy atom. The van der Waals surface area contributed by atoms with Gasteiger partial charge in [-0.15, -0.1) is 22.7 Å². The van der Waals surface area contributed by atoms with E-state index >= 15 is 0 Å². The highest BCUT2D eigenvalue weighted by molar-refractivity contribution is 7.28. The summed E-state index contributed by atoms with van der Waals surface area (Å²) in [6, 6.07) is 33.6. The van der Waals surface area contributed by atoms with Crippen LogP contribution < -0.4 is 0 Å². The molecule has 35 heavy (non-hydrogen) atoms. The minimum absolute atomic E-state index is 0.153. The summed E-state index contributed by atoms with van der Waals surface area (Å²) in [6.45, 7) is 0. The molecule has 3 aromatic carbocycles. The second-order valence-corrected chi connectivity index (χ2v) is 10.4. The van der Waals surface area contributed by atoms with Crippen LogP contribution in [-0.4, -0.2) is 4.57 Å². The van der Waals surface area contributed by atoms with E-state index in [1.807, 2.05) is 24.3 Å². The molecule has 3 nitrogen and oxygen atoms in total. The van der Waals surface area contributed by atoms with Gasteiger partial charge < -0.3 is 4.57 Å². The van der Waals surface area contributed by atoms with Crippen molar-refractivity contribution >= 4 is 48.7 Å². The Kier molecular flexibility index (Phi) is 4.31. The molecule has 5 heteroatoms. The first-order valence-corrected chi connectivity index (χ1v) is 12.8. The predicted octanol–water partition coefficient (Wildman–Crippen LogP) is 8.40. The standard InChI is InChI=1S/C30H15N3S2/c31-16-19(17-32)28-23-9-5-4-8-21(23)22-11-10-18(14-24(22)28)27-15-26-30(35-27)29-25(12-13-34-29)33(26)20-6-2-1-3-7-20/h1-15H. The molecule has 3 aromatic heterocycles. The Morgan fingerprint density at radius 3 is 2.23 bits per heavy atom. The van der Waals surface area contributed by atoms with Gasteiger partial charge in [-0.05, 0) is 63.5 Å². The maximum absolute atomic E-state index is 9.68. The molecule has 0 saturated carbocycles. The molecule has 162 valence electrons. The van der Waals surface area contributed by atoms with Gasteiger partial charge >= 0.3 is 0 Å². The largest absolute Gasteiger partial charge is 0.307 e. The van der Waals surface area contributed by atoms with Crippen LogP contribution in [-0.2, 0) is 0 Å². The van der Waals surface area contributed by atoms with Crippen LogP contribution >= 0.6 is 22.7 Å². The van der Waals surface area contributed by atoms with Gasteiger partial charge in [0, 0.05) is 16.1 Å². The number of para-hydroxylation sites is 1. The van der Waals surface area contributed by atoms with Crippen molar-refractivity contribution < 1.29 is 0 Å². The summed E-state index contributed by atoms with van der Waals surface area (Å²) in [5.41, 5.74) is 9.60. The summed E-state index contributed by atoms with van der Waals surface area (Å²) in [6.07, 6.45) is 0. The van der Waals surface area contributed by atoms with Gasteiger partial charge in [-0.2, -0.15) is 10.5 Å². The molecule has 6 aromatic rings. The molecule has 0 fully saturated rings. The van der Waals surface area contributed by atoms with Crippen LogP contribution in [0.3, 0.4) is 0 Å². The molecule has 0 amide bonds. The van der Waals surface area contributed by atoms with Gasteiger partial charge in [-0.3, -0.25) is 0 Å². The Labute approximate surface area is 209 Å². The number of nitrogens with zero attached hydrogens (tertiary/aromatic N) is 3. The number of thiophene rings is 2. The average molecular weight is 482 g/mol. The molecule has 0 bridgehead atoms. The fraction of sp³-hybridized carbons (Fsp3) is 0. The number of fused-ring (bicyclic) bond motifs is 6. The molecule has 0 aliphatic heterocycles. The van der Waals surface area contributed by atoms with E-state index in [0.717, 1.165) is 39.1 Å². The van der Waals surface area contributed by atoms with Crippen molar-refractivity contribution in [3.8, 4) is 39.4 Å². The Bertz CT molecular complexity index is 1900. The third kappa shape index (κ3) is 2.80.